The van der Waals surface area contributed by atoms with Crippen LogP contribution in [0.15, 0.2) is 47.4 Å². The number of ether oxygens (including phenoxy) is 2. The van der Waals surface area contributed by atoms with Gasteiger partial charge < -0.3 is 14.8 Å². The van der Waals surface area contributed by atoms with Crippen LogP contribution in [0.5, 0.6) is 11.5 Å². The Morgan fingerprint density at radius 2 is 1.73 bits per heavy atom. The number of rotatable bonds is 7. The van der Waals surface area contributed by atoms with Crippen molar-refractivity contribution in [2.75, 3.05) is 26.1 Å². The van der Waals surface area contributed by atoms with E-state index >= 15 is 0 Å². The maximum Gasteiger partial charge on any atom is 0.241 e. The molecule has 0 saturated carbocycles. The maximum atomic E-state index is 12.3. The number of hydrogen-bond donors (Lipinski definition) is 2. The molecule has 136 valence electrons. The lowest BCUT2D eigenvalue weighted by Crippen LogP contribution is -2.32. The first-order chi connectivity index (χ1) is 12.4. The van der Waals surface area contributed by atoms with Crippen LogP contribution in [0.25, 0.3) is 0 Å². The van der Waals surface area contributed by atoms with Gasteiger partial charge in [0.15, 0.2) is 11.5 Å². The zero-order valence-corrected chi connectivity index (χ0v) is 15.0. The molecule has 2 rings (SSSR count). The summed E-state index contributed by atoms with van der Waals surface area (Å²) in [6, 6.07) is 12.3. The zero-order valence-electron chi connectivity index (χ0n) is 14.1. The molecule has 9 heteroatoms. The number of amides is 1. The quantitative estimate of drug-likeness (QED) is 0.757. The highest BCUT2D eigenvalue weighted by Crippen LogP contribution is 2.29. The highest BCUT2D eigenvalue weighted by Gasteiger charge is 2.18. The summed E-state index contributed by atoms with van der Waals surface area (Å²) in [5.74, 6) is 0.112. The molecule has 8 nitrogen and oxygen atoms in total. The monoisotopic (exact) mass is 375 g/mol. The molecule has 1 amide bonds. The smallest absolute Gasteiger partial charge is 0.241 e. The van der Waals surface area contributed by atoms with Crippen molar-refractivity contribution in [3.05, 3.63) is 48.0 Å². The third kappa shape index (κ3) is 4.72. The van der Waals surface area contributed by atoms with E-state index in [1.807, 2.05) is 6.07 Å². The normalized spacial score (nSPS) is 10.7. The van der Waals surface area contributed by atoms with E-state index in [-0.39, 0.29) is 10.6 Å². The van der Waals surface area contributed by atoms with Crippen LogP contribution in [0, 0.1) is 11.3 Å². The second-order valence-corrected chi connectivity index (χ2v) is 6.85. The number of nitriles is 1. The predicted molar refractivity (Wildman–Crippen MR) is 94.5 cm³/mol. The molecule has 0 aliphatic carbocycles. The number of benzene rings is 2. The van der Waals surface area contributed by atoms with Crippen LogP contribution in [-0.4, -0.2) is 35.1 Å². The van der Waals surface area contributed by atoms with Crippen molar-refractivity contribution < 1.29 is 22.7 Å². The summed E-state index contributed by atoms with van der Waals surface area (Å²) in [7, 11) is -1.07. The Hall–Kier alpha value is -3.09. The molecule has 2 N–H and O–H groups in total. The van der Waals surface area contributed by atoms with Gasteiger partial charge in [0.25, 0.3) is 0 Å². The highest BCUT2D eigenvalue weighted by atomic mass is 32.2. The number of hydrogen-bond acceptors (Lipinski definition) is 6. The lowest BCUT2D eigenvalue weighted by molar-refractivity contribution is -0.115. The van der Waals surface area contributed by atoms with Gasteiger partial charge in [-0.15, -0.1) is 0 Å². The molecule has 0 aliphatic heterocycles. The van der Waals surface area contributed by atoms with Crippen LogP contribution in [0.2, 0.25) is 0 Å². The van der Waals surface area contributed by atoms with Crippen molar-refractivity contribution in [3.63, 3.8) is 0 Å². The van der Waals surface area contributed by atoms with E-state index < -0.39 is 22.5 Å². The van der Waals surface area contributed by atoms with Gasteiger partial charge in [0.1, 0.15) is 0 Å². The number of nitrogens with one attached hydrogen (secondary N) is 2. The molecule has 0 atom stereocenters. The molecule has 2 aromatic carbocycles. The highest BCUT2D eigenvalue weighted by molar-refractivity contribution is 7.89. The summed E-state index contributed by atoms with van der Waals surface area (Å²) in [6.45, 7) is -0.448. The van der Waals surface area contributed by atoms with Gasteiger partial charge in [0.05, 0.1) is 37.3 Å². The molecule has 26 heavy (non-hydrogen) atoms. The van der Waals surface area contributed by atoms with Crippen LogP contribution in [0.3, 0.4) is 0 Å². The standard InChI is InChI=1S/C17H17N3O5S/c1-24-15-8-7-14(9-16(15)25-2)26(22,23)19-11-17(21)20-13-5-3-12(10-18)4-6-13/h3-9,19H,11H2,1-2H3,(H,20,21). The average Bonchev–Trinajstić information content (AvgIpc) is 2.66. The van der Waals surface area contributed by atoms with Crippen molar-refractivity contribution in [1.29, 1.82) is 5.26 Å². The molecule has 0 heterocycles. The Bertz CT molecular complexity index is 934. The van der Waals surface area contributed by atoms with Crippen LogP contribution >= 0.6 is 0 Å². The van der Waals surface area contributed by atoms with Crippen molar-refractivity contribution in [3.8, 4) is 17.6 Å². The third-order valence-corrected chi connectivity index (χ3v) is 4.78. The molecular weight excluding hydrogens is 358 g/mol. The largest absolute Gasteiger partial charge is 0.493 e. The van der Waals surface area contributed by atoms with Gasteiger partial charge in [-0.1, -0.05) is 0 Å². The van der Waals surface area contributed by atoms with E-state index in [0.29, 0.717) is 17.0 Å². The van der Waals surface area contributed by atoms with E-state index in [4.69, 9.17) is 14.7 Å². The lowest BCUT2D eigenvalue weighted by atomic mass is 10.2. The van der Waals surface area contributed by atoms with Crippen molar-refractivity contribution in [2.45, 2.75) is 4.90 Å². The fourth-order valence-corrected chi connectivity index (χ4v) is 3.06. The second-order valence-electron chi connectivity index (χ2n) is 5.08. The Morgan fingerprint density at radius 3 is 2.31 bits per heavy atom. The first-order valence-electron chi connectivity index (χ1n) is 7.41. The fraction of sp³-hybridized carbons (Fsp3) is 0.176. The van der Waals surface area contributed by atoms with Crippen molar-refractivity contribution in [2.24, 2.45) is 0 Å². The number of carbonyl (C=O) groups excluding carboxylic acids is 1. The first kappa shape index (κ1) is 19.2. The first-order valence-corrected chi connectivity index (χ1v) is 8.89. The van der Waals surface area contributed by atoms with E-state index in [1.54, 1.807) is 24.3 Å². The van der Waals surface area contributed by atoms with Crippen LogP contribution in [0.1, 0.15) is 5.56 Å². The van der Waals surface area contributed by atoms with Crippen LogP contribution in [0.4, 0.5) is 5.69 Å². The van der Waals surface area contributed by atoms with E-state index in [2.05, 4.69) is 10.0 Å². The summed E-state index contributed by atoms with van der Waals surface area (Å²) in [6.07, 6.45) is 0. The fourth-order valence-electron chi connectivity index (χ4n) is 2.06. The van der Waals surface area contributed by atoms with Crippen LogP contribution in [-0.2, 0) is 14.8 Å². The lowest BCUT2D eigenvalue weighted by Gasteiger charge is -2.11. The third-order valence-electron chi connectivity index (χ3n) is 3.39. The molecule has 0 saturated heterocycles. The molecule has 0 bridgehead atoms. The Labute approximate surface area is 151 Å². The molecule has 0 unspecified atom stereocenters. The van der Waals surface area contributed by atoms with Gasteiger partial charge in [-0.25, -0.2) is 13.1 Å². The van der Waals surface area contributed by atoms with E-state index in [0.717, 1.165) is 0 Å². The number of nitrogens with zero attached hydrogens (tertiary/aromatic N) is 1. The molecule has 0 aliphatic rings. The summed E-state index contributed by atoms with van der Waals surface area (Å²) in [5, 5.41) is 11.3. The van der Waals surface area contributed by atoms with Crippen LogP contribution < -0.4 is 19.5 Å². The molecule has 0 radical (unpaired) electrons. The predicted octanol–water partition coefficient (Wildman–Crippen LogP) is 1.49. The van der Waals surface area contributed by atoms with Gasteiger partial charge in [-0.05, 0) is 36.4 Å². The van der Waals surface area contributed by atoms with Gasteiger partial charge in [-0.2, -0.15) is 5.26 Å². The second kappa shape index (κ2) is 8.33. The van der Waals surface area contributed by atoms with Crippen molar-refractivity contribution >= 4 is 21.6 Å². The summed E-state index contributed by atoms with van der Waals surface area (Å²) in [5.41, 5.74) is 0.913. The number of sulfonamides is 1. The molecule has 0 spiro atoms. The Morgan fingerprint density at radius 1 is 1.08 bits per heavy atom. The maximum absolute atomic E-state index is 12.3. The van der Waals surface area contributed by atoms with Gasteiger partial charge in [0, 0.05) is 11.8 Å². The average molecular weight is 375 g/mol. The summed E-state index contributed by atoms with van der Waals surface area (Å²) in [4.78, 5) is 11.9. The molecule has 2 aromatic rings. The molecule has 0 aromatic heterocycles. The minimum atomic E-state index is -3.91. The van der Waals surface area contributed by atoms with Gasteiger partial charge >= 0.3 is 0 Å². The minimum Gasteiger partial charge on any atom is -0.493 e. The summed E-state index contributed by atoms with van der Waals surface area (Å²) < 4.78 is 37.0. The van der Waals surface area contributed by atoms with E-state index in [9.17, 15) is 13.2 Å². The number of methoxy groups -OCH3 is 2. The Balaban J connectivity index is 2.02. The molecule has 0 fully saturated rings. The summed E-state index contributed by atoms with van der Waals surface area (Å²) >= 11 is 0. The van der Waals surface area contributed by atoms with E-state index in [1.165, 1.54) is 32.4 Å². The zero-order chi connectivity index (χ0) is 19.2. The SMILES string of the molecule is COc1ccc(S(=O)(=O)NCC(=O)Nc2ccc(C#N)cc2)cc1OC. The molecular formula is C17H17N3O5S. The number of anilines is 1. The van der Waals surface area contributed by atoms with Gasteiger partial charge in [0.2, 0.25) is 15.9 Å². The topological polar surface area (TPSA) is 118 Å². The Kier molecular flexibility index (Phi) is 6.16. The van der Waals surface area contributed by atoms with Crippen molar-refractivity contribution in [1.82, 2.24) is 4.72 Å². The number of carbonyl (C=O) groups is 1. The van der Waals surface area contributed by atoms with Gasteiger partial charge in [-0.3, -0.25) is 4.79 Å². The minimum absolute atomic E-state index is 0.0543.